The molecule has 4 heteroatoms. The summed E-state index contributed by atoms with van der Waals surface area (Å²) in [7, 11) is 0. The molecule has 14 heavy (non-hydrogen) atoms. The number of rotatable bonds is 4. The fourth-order valence-electron chi connectivity index (χ4n) is 1.21. The van der Waals surface area contributed by atoms with Crippen molar-refractivity contribution in [1.82, 2.24) is 0 Å². The molecule has 0 fully saturated rings. The second kappa shape index (κ2) is 4.81. The lowest BCUT2D eigenvalue weighted by molar-refractivity contribution is -0.108. The van der Waals surface area contributed by atoms with Gasteiger partial charge in [-0.3, -0.25) is 0 Å². The molecule has 1 rings (SSSR count). The molecule has 2 N–H and O–H groups in total. The van der Waals surface area contributed by atoms with Crippen LogP contribution >= 0.6 is 0 Å². The summed E-state index contributed by atoms with van der Waals surface area (Å²) in [5.41, 5.74) is 5.85. The summed E-state index contributed by atoms with van der Waals surface area (Å²) >= 11 is 0. The number of nitrogens with two attached hydrogens (primary N) is 1. The van der Waals surface area contributed by atoms with Gasteiger partial charge in [-0.1, -0.05) is 6.07 Å². The summed E-state index contributed by atoms with van der Waals surface area (Å²) in [5, 5.41) is 0. The smallest absolute Gasteiger partial charge is 0.130 e. The number of hydrogen-bond acceptors (Lipinski definition) is 2. The highest BCUT2D eigenvalue weighted by Crippen LogP contribution is 2.19. The highest BCUT2D eigenvalue weighted by Gasteiger charge is 2.11. The summed E-state index contributed by atoms with van der Waals surface area (Å²) < 4.78 is 25.6. The van der Waals surface area contributed by atoms with Crippen LogP contribution in [0.15, 0.2) is 18.2 Å². The first-order valence-electron chi connectivity index (χ1n) is 4.29. The molecular weight excluding hydrogens is 188 g/mol. The minimum absolute atomic E-state index is 0.244. The number of halogens is 2. The highest BCUT2D eigenvalue weighted by atomic mass is 19.1. The highest BCUT2D eigenvalue weighted by molar-refractivity contribution is 5.49. The van der Waals surface area contributed by atoms with Gasteiger partial charge >= 0.3 is 0 Å². The van der Waals surface area contributed by atoms with Crippen molar-refractivity contribution in [2.45, 2.75) is 18.9 Å². The maximum Gasteiger partial charge on any atom is 0.130 e. The van der Waals surface area contributed by atoms with E-state index in [4.69, 9.17) is 5.73 Å². The van der Waals surface area contributed by atoms with E-state index in [1.165, 1.54) is 6.07 Å². The molecule has 0 radical (unpaired) electrons. The maximum absolute atomic E-state index is 13.1. The van der Waals surface area contributed by atoms with Gasteiger partial charge in [-0.05, 0) is 12.5 Å². The Labute approximate surface area is 80.7 Å². The van der Waals surface area contributed by atoms with Gasteiger partial charge in [0.2, 0.25) is 0 Å². The van der Waals surface area contributed by atoms with Crippen LogP contribution in [0.2, 0.25) is 0 Å². The van der Waals surface area contributed by atoms with Crippen LogP contribution in [0.3, 0.4) is 0 Å². The van der Waals surface area contributed by atoms with Crippen molar-refractivity contribution < 1.29 is 13.6 Å². The Kier molecular flexibility index (Phi) is 3.71. The summed E-state index contributed by atoms with van der Waals surface area (Å²) in [6.45, 7) is 0. The van der Waals surface area contributed by atoms with Crippen LogP contribution in [0, 0.1) is 11.6 Å². The lowest BCUT2D eigenvalue weighted by Gasteiger charge is -2.10. The summed E-state index contributed by atoms with van der Waals surface area (Å²) in [6.07, 6.45) is 1.37. The molecule has 0 amide bonds. The molecule has 1 unspecified atom stereocenters. The quantitative estimate of drug-likeness (QED) is 0.753. The first-order chi connectivity index (χ1) is 6.65. The molecule has 1 aromatic rings. The fraction of sp³-hybridized carbons (Fsp3) is 0.300. The van der Waals surface area contributed by atoms with E-state index in [0.29, 0.717) is 6.42 Å². The number of hydrogen-bond donors (Lipinski definition) is 1. The number of carbonyl (C=O) groups excluding carboxylic acids is 1. The van der Waals surface area contributed by atoms with Crippen molar-refractivity contribution in [2.75, 3.05) is 0 Å². The van der Waals surface area contributed by atoms with Gasteiger partial charge in [0.25, 0.3) is 0 Å². The van der Waals surface area contributed by atoms with E-state index in [2.05, 4.69) is 0 Å². The second-order valence-electron chi connectivity index (χ2n) is 3.02. The molecule has 0 spiro atoms. The van der Waals surface area contributed by atoms with Crippen LogP contribution in [0.1, 0.15) is 24.4 Å². The lowest BCUT2D eigenvalue weighted by Crippen LogP contribution is -2.12. The number of benzene rings is 1. The Hall–Kier alpha value is -1.29. The van der Waals surface area contributed by atoms with Gasteiger partial charge in [-0.2, -0.15) is 0 Å². The fourth-order valence-corrected chi connectivity index (χ4v) is 1.21. The van der Waals surface area contributed by atoms with Crippen LogP contribution in [0.4, 0.5) is 8.78 Å². The molecule has 0 aliphatic rings. The molecule has 0 saturated carbocycles. The molecule has 1 aromatic carbocycles. The van der Waals surface area contributed by atoms with E-state index in [0.717, 1.165) is 18.4 Å². The Morgan fingerprint density at radius 2 is 2.14 bits per heavy atom. The van der Waals surface area contributed by atoms with Crippen LogP contribution in [0.25, 0.3) is 0 Å². The third-order valence-corrected chi connectivity index (χ3v) is 1.96. The molecule has 0 aliphatic carbocycles. The van der Waals surface area contributed by atoms with E-state index in [1.54, 1.807) is 0 Å². The van der Waals surface area contributed by atoms with Crippen LogP contribution < -0.4 is 5.73 Å². The van der Waals surface area contributed by atoms with E-state index < -0.39 is 17.7 Å². The summed E-state index contributed by atoms with van der Waals surface area (Å²) in [4.78, 5) is 10.1. The predicted molar refractivity (Wildman–Crippen MR) is 48.6 cm³/mol. The van der Waals surface area contributed by atoms with Crippen molar-refractivity contribution in [1.29, 1.82) is 0 Å². The third-order valence-electron chi connectivity index (χ3n) is 1.96. The Balaban J connectivity index is 2.78. The van der Waals surface area contributed by atoms with E-state index >= 15 is 0 Å². The van der Waals surface area contributed by atoms with Crippen LogP contribution in [-0.2, 0) is 4.79 Å². The zero-order valence-electron chi connectivity index (χ0n) is 7.54. The minimum Gasteiger partial charge on any atom is -0.324 e. The molecule has 76 valence electrons. The van der Waals surface area contributed by atoms with Gasteiger partial charge in [-0.15, -0.1) is 0 Å². The average molecular weight is 199 g/mol. The van der Waals surface area contributed by atoms with E-state index in [9.17, 15) is 13.6 Å². The SMILES string of the molecule is NC(CCC=O)c1ccc(F)cc1F. The molecule has 1 atom stereocenters. The van der Waals surface area contributed by atoms with Crippen LogP contribution in [-0.4, -0.2) is 6.29 Å². The first-order valence-corrected chi connectivity index (χ1v) is 4.29. The summed E-state index contributed by atoms with van der Waals surface area (Å²) in [6, 6.07) is 2.69. The van der Waals surface area contributed by atoms with Gasteiger partial charge in [0.1, 0.15) is 17.9 Å². The second-order valence-corrected chi connectivity index (χ2v) is 3.02. The molecule has 0 heterocycles. The topological polar surface area (TPSA) is 43.1 Å². The standard InChI is InChI=1S/C10H11F2NO/c11-7-3-4-8(9(12)6-7)10(13)2-1-5-14/h3-6,10H,1-2,13H2. The van der Waals surface area contributed by atoms with Crippen molar-refractivity contribution in [3.63, 3.8) is 0 Å². The molecule has 0 saturated heterocycles. The van der Waals surface area contributed by atoms with E-state index in [1.807, 2.05) is 0 Å². The van der Waals surface area contributed by atoms with Gasteiger partial charge in [-0.25, -0.2) is 8.78 Å². The average Bonchev–Trinajstić information content (AvgIpc) is 2.14. The largest absolute Gasteiger partial charge is 0.324 e. The third kappa shape index (κ3) is 2.60. The van der Waals surface area contributed by atoms with Crippen molar-refractivity contribution in [3.8, 4) is 0 Å². The molecule has 0 aliphatic heterocycles. The molecule has 0 bridgehead atoms. The normalized spacial score (nSPS) is 12.5. The maximum atomic E-state index is 13.1. The van der Waals surface area contributed by atoms with Gasteiger partial charge in [0, 0.05) is 24.1 Å². The van der Waals surface area contributed by atoms with Crippen molar-refractivity contribution in [3.05, 3.63) is 35.4 Å². The van der Waals surface area contributed by atoms with Gasteiger partial charge in [0.05, 0.1) is 0 Å². The minimum atomic E-state index is -0.664. The zero-order chi connectivity index (χ0) is 10.6. The number of aldehydes is 1. The number of carbonyl (C=O) groups is 1. The summed E-state index contributed by atoms with van der Waals surface area (Å²) in [5.74, 6) is -1.29. The Bertz CT molecular complexity index is 328. The Morgan fingerprint density at radius 3 is 2.71 bits per heavy atom. The molecular formula is C10H11F2NO. The monoisotopic (exact) mass is 199 g/mol. The van der Waals surface area contributed by atoms with Crippen molar-refractivity contribution >= 4 is 6.29 Å². The first kappa shape index (κ1) is 10.8. The van der Waals surface area contributed by atoms with Crippen LogP contribution in [0.5, 0.6) is 0 Å². The zero-order valence-corrected chi connectivity index (χ0v) is 7.54. The molecule has 2 nitrogen and oxygen atoms in total. The van der Waals surface area contributed by atoms with Gasteiger partial charge < -0.3 is 10.5 Å². The Morgan fingerprint density at radius 1 is 1.43 bits per heavy atom. The van der Waals surface area contributed by atoms with Crippen molar-refractivity contribution in [2.24, 2.45) is 5.73 Å². The lowest BCUT2D eigenvalue weighted by atomic mass is 10.0. The molecule has 0 aromatic heterocycles. The predicted octanol–water partition coefficient (Wildman–Crippen LogP) is 1.94. The van der Waals surface area contributed by atoms with E-state index in [-0.39, 0.29) is 12.0 Å². The van der Waals surface area contributed by atoms with Gasteiger partial charge in [0.15, 0.2) is 0 Å².